The third-order valence-electron chi connectivity index (χ3n) is 6.40. The lowest BCUT2D eigenvalue weighted by Crippen LogP contribution is -2.47. The van der Waals surface area contributed by atoms with Crippen LogP contribution in [0.5, 0.6) is 0 Å². The number of nitrogens with zero attached hydrogens (tertiary/aromatic N) is 2. The van der Waals surface area contributed by atoms with Crippen LogP contribution in [-0.2, 0) is 30.6 Å². The molecule has 186 valence electrons. The number of hydrogen-bond donors (Lipinski definition) is 1. The minimum atomic E-state index is -0.715. The molecule has 1 saturated heterocycles. The van der Waals surface area contributed by atoms with Gasteiger partial charge in [-0.1, -0.05) is 35.5 Å². The topological polar surface area (TPSA) is 98.7 Å². The molecule has 34 heavy (non-hydrogen) atoms. The van der Waals surface area contributed by atoms with Crippen molar-refractivity contribution in [3.8, 4) is 0 Å². The summed E-state index contributed by atoms with van der Waals surface area (Å²) in [6, 6.07) is 10.0. The summed E-state index contributed by atoms with van der Waals surface area (Å²) in [6.07, 6.45) is 3.76. The molecule has 9 nitrogen and oxygen atoms in total. The zero-order chi connectivity index (χ0) is 24.2. The number of hydroxylamine groups is 2. The lowest BCUT2D eigenvalue weighted by atomic mass is 9.87. The van der Waals surface area contributed by atoms with Crippen molar-refractivity contribution in [2.75, 3.05) is 13.1 Å². The van der Waals surface area contributed by atoms with Crippen molar-refractivity contribution >= 4 is 17.8 Å². The predicted octanol–water partition coefficient (Wildman–Crippen LogP) is 3.72. The number of nitrogens with one attached hydrogen (secondary N) is 1. The van der Waals surface area contributed by atoms with E-state index in [9.17, 15) is 9.59 Å². The molecule has 0 bridgehead atoms. The number of piperidine rings is 1. The van der Waals surface area contributed by atoms with Crippen molar-refractivity contribution in [2.24, 2.45) is 5.16 Å². The van der Waals surface area contributed by atoms with Gasteiger partial charge >= 0.3 is 6.16 Å². The van der Waals surface area contributed by atoms with Crippen LogP contribution in [0.3, 0.4) is 0 Å². The third-order valence-corrected chi connectivity index (χ3v) is 6.40. The largest absolute Gasteiger partial charge is 0.528 e. The normalized spacial score (nSPS) is 24.4. The molecule has 9 heteroatoms. The van der Waals surface area contributed by atoms with Gasteiger partial charge in [-0.3, -0.25) is 4.79 Å². The monoisotopic (exact) mass is 473 g/mol. The van der Waals surface area contributed by atoms with Crippen LogP contribution in [0.1, 0.15) is 64.9 Å². The second-order valence-electron chi connectivity index (χ2n) is 10.3. The molecule has 2 aliphatic heterocycles. The number of carbonyl (C=O) groups is 2. The van der Waals surface area contributed by atoms with Gasteiger partial charge < -0.3 is 24.5 Å². The summed E-state index contributed by atoms with van der Waals surface area (Å²) in [4.78, 5) is 35.8. The fraction of sp³-hybridized carbons (Fsp3) is 0.640. The summed E-state index contributed by atoms with van der Waals surface area (Å²) in [7, 11) is 0. The van der Waals surface area contributed by atoms with Crippen molar-refractivity contribution in [1.29, 1.82) is 0 Å². The minimum Gasteiger partial charge on any atom is -0.427 e. The molecule has 2 atom stereocenters. The van der Waals surface area contributed by atoms with Crippen molar-refractivity contribution in [1.82, 2.24) is 10.4 Å². The summed E-state index contributed by atoms with van der Waals surface area (Å²) < 4.78 is 11.3. The molecule has 1 unspecified atom stereocenters. The average Bonchev–Trinajstić information content (AvgIpc) is 3.41. The molecule has 4 rings (SSSR count). The number of rotatable bonds is 6. The Morgan fingerprint density at radius 3 is 2.62 bits per heavy atom. The highest BCUT2D eigenvalue weighted by Gasteiger charge is 2.45. The number of benzene rings is 1. The summed E-state index contributed by atoms with van der Waals surface area (Å²) in [5.74, 6) is -0.190. The lowest BCUT2D eigenvalue weighted by molar-refractivity contribution is -0.180. The SMILES string of the molecule is CC(C)(C)OC(=O)ON1CCC2(CC1)CC(C(=O)NC1CCC[C@H]1OCc1ccccc1)=NO2. The minimum absolute atomic E-state index is 0.00530. The van der Waals surface area contributed by atoms with Gasteiger partial charge in [-0.2, -0.15) is 0 Å². The maximum atomic E-state index is 12.9. The van der Waals surface area contributed by atoms with Crippen LogP contribution in [0.2, 0.25) is 0 Å². The Hall–Kier alpha value is -2.65. The molecule has 1 spiro atoms. The van der Waals surface area contributed by atoms with Crippen molar-refractivity contribution < 1.29 is 28.7 Å². The Bertz CT molecular complexity index is 890. The smallest absolute Gasteiger partial charge is 0.427 e. The van der Waals surface area contributed by atoms with E-state index in [0.29, 0.717) is 44.7 Å². The van der Waals surface area contributed by atoms with Gasteiger partial charge in [-0.05, 0) is 45.6 Å². The van der Waals surface area contributed by atoms with E-state index in [1.807, 2.05) is 30.3 Å². The Morgan fingerprint density at radius 2 is 1.91 bits per heavy atom. The molecule has 1 N–H and O–H groups in total. The molecular weight excluding hydrogens is 438 g/mol. The summed E-state index contributed by atoms with van der Waals surface area (Å²) in [5, 5.41) is 8.81. The number of hydrogen-bond acceptors (Lipinski definition) is 8. The van der Waals surface area contributed by atoms with Crippen molar-refractivity contribution in [2.45, 2.75) is 89.3 Å². The molecule has 0 radical (unpaired) electrons. The molecule has 2 fully saturated rings. The van der Waals surface area contributed by atoms with Gasteiger partial charge in [0, 0.05) is 32.4 Å². The van der Waals surface area contributed by atoms with Crippen LogP contribution >= 0.6 is 0 Å². The summed E-state index contributed by atoms with van der Waals surface area (Å²) >= 11 is 0. The highest BCUT2D eigenvalue weighted by molar-refractivity contribution is 6.39. The van der Waals surface area contributed by atoms with Gasteiger partial charge in [0.05, 0.1) is 18.8 Å². The van der Waals surface area contributed by atoms with E-state index in [2.05, 4.69) is 10.5 Å². The molecule has 1 aromatic carbocycles. The number of ether oxygens (including phenoxy) is 2. The first-order chi connectivity index (χ1) is 16.2. The Labute approximate surface area is 200 Å². The molecule has 1 amide bonds. The first-order valence-corrected chi connectivity index (χ1v) is 12.1. The van der Waals surface area contributed by atoms with Crippen LogP contribution in [0, 0.1) is 0 Å². The quantitative estimate of drug-likeness (QED) is 0.629. The van der Waals surface area contributed by atoms with E-state index in [-0.39, 0.29) is 18.1 Å². The van der Waals surface area contributed by atoms with Crippen LogP contribution in [0.25, 0.3) is 0 Å². The van der Waals surface area contributed by atoms with E-state index in [0.717, 1.165) is 24.8 Å². The highest BCUT2D eigenvalue weighted by atomic mass is 16.8. The van der Waals surface area contributed by atoms with Crippen LogP contribution in [0.4, 0.5) is 4.79 Å². The standard InChI is InChI=1S/C25H35N3O6/c1-24(2,3)32-23(30)33-28-14-12-25(13-15-28)16-20(27-34-25)22(29)26-19-10-7-11-21(19)31-17-18-8-5-4-6-9-18/h4-6,8-9,19,21H,7,10-17H2,1-3H3,(H,26,29)/t19?,21-/m1/s1. The average molecular weight is 474 g/mol. The Morgan fingerprint density at radius 1 is 1.18 bits per heavy atom. The Kier molecular flexibility index (Phi) is 7.42. The zero-order valence-corrected chi connectivity index (χ0v) is 20.2. The third kappa shape index (κ3) is 6.48. The van der Waals surface area contributed by atoms with E-state index < -0.39 is 17.4 Å². The molecule has 0 aromatic heterocycles. The van der Waals surface area contributed by atoms with Crippen LogP contribution in [-0.4, -0.2) is 59.3 Å². The van der Waals surface area contributed by atoms with Crippen LogP contribution in [0.15, 0.2) is 35.5 Å². The molecule has 2 heterocycles. The zero-order valence-electron chi connectivity index (χ0n) is 20.2. The molecule has 1 saturated carbocycles. The van der Waals surface area contributed by atoms with E-state index in [4.69, 9.17) is 19.1 Å². The summed E-state index contributed by atoms with van der Waals surface area (Å²) in [5.41, 5.74) is 0.399. The molecule has 3 aliphatic rings. The predicted molar refractivity (Wildman–Crippen MR) is 125 cm³/mol. The van der Waals surface area contributed by atoms with Gasteiger partial charge in [0.1, 0.15) is 16.9 Å². The fourth-order valence-corrected chi connectivity index (χ4v) is 4.59. The first kappa shape index (κ1) is 24.5. The number of amides is 1. The summed E-state index contributed by atoms with van der Waals surface area (Å²) in [6.45, 7) is 6.88. The van der Waals surface area contributed by atoms with E-state index in [1.165, 1.54) is 0 Å². The molecular formula is C25H35N3O6. The molecule has 1 aliphatic carbocycles. The number of oxime groups is 1. The fourth-order valence-electron chi connectivity index (χ4n) is 4.59. The van der Waals surface area contributed by atoms with Gasteiger partial charge in [0.15, 0.2) is 0 Å². The van der Waals surface area contributed by atoms with Crippen LogP contribution < -0.4 is 5.32 Å². The second kappa shape index (κ2) is 10.3. The number of carbonyl (C=O) groups excluding carboxylic acids is 2. The van der Waals surface area contributed by atoms with Gasteiger partial charge in [0.25, 0.3) is 5.91 Å². The molecule has 1 aromatic rings. The maximum Gasteiger partial charge on any atom is 0.528 e. The second-order valence-corrected chi connectivity index (χ2v) is 10.3. The van der Waals surface area contributed by atoms with E-state index >= 15 is 0 Å². The van der Waals surface area contributed by atoms with E-state index in [1.54, 1.807) is 25.8 Å². The highest BCUT2D eigenvalue weighted by Crippen LogP contribution is 2.35. The van der Waals surface area contributed by atoms with Gasteiger partial charge in [-0.25, -0.2) is 4.79 Å². The lowest BCUT2D eigenvalue weighted by Gasteiger charge is -2.35. The van der Waals surface area contributed by atoms with Gasteiger partial charge in [0.2, 0.25) is 0 Å². The van der Waals surface area contributed by atoms with Gasteiger partial charge in [-0.15, -0.1) is 5.06 Å². The van der Waals surface area contributed by atoms with Crippen molar-refractivity contribution in [3.63, 3.8) is 0 Å². The first-order valence-electron chi connectivity index (χ1n) is 12.1. The van der Waals surface area contributed by atoms with Crippen molar-refractivity contribution in [3.05, 3.63) is 35.9 Å². The Balaban J connectivity index is 1.22. The maximum absolute atomic E-state index is 12.9.